The predicted molar refractivity (Wildman–Crippen MR) is 82.2 cm³/mol. The normalized spacial score (nSPS) is 16.6. The molecule has 5 heteroatoms. The third kappa shape index (κ3) is 4.04. The number of rotatable bonds is 6. The summed E-state index contributed by atoms with van der Waals surface area (Å²) in [5.74, 6) is 0.176. The minimum absolute atomic E-state index is 0.176. The van der Waals surface area contributed by atoms with Crippen LogP contribution in [0.2, 0.25) is 0 Å². The summed E-state index contributed by atoms with van der Waals surface area (Å²) in [6, 6.07) is 4.01. The first-order valence-corrected chi connectivity index (χ1v) is 8.26. The second kappa shape index (κ2) is 7.76. The third-order valence-corrected chi connectivity index (χ3v) is 4.87. The van der Waals surface area contributed by atoms with Crippen LogP contribution in [0.1, 0.15) is 40.7 Å². The number of nitrogens with two attached hydrogens (primary N) is 1. The molecule has 0 atom stereocenters. The average Bonchev–Trinajstić information content (AvgIpc) is 2.96. The van der Waals surface area contributed by atoms with Crippen molar-refractivity contribution in [2.75, 3.05) is 26.2 Å². The molecule has 0 unspecified atom stereocenters. The Labute approximate surface area is 124 Å². The van der Waals surface area contributed by atoms with Crippen molar-refractivity contribution in [2.45, 2.75) is 38.7 Å². The molecule has 2 rings (SSSR count). The molecule has 1 aliphatic rings. The highest BCUT2D eigenvalue weighted by atomic mass is 32.1. The van der Waals surface area contributed by atoms with E-state index in [1.54, 1.807) is 11.3 Å². The van der Waals surface area contributed by atoms with Crippen molar-refractivity contribution in [3.8, 4) is 0 Å². The topological polar surface area (TPSA) is 55.6 Å². The molecule has 1 aromatic rings. The Morgan fingerprint density at radius 1 is 1.45 bits per heavy atom. The van der Waals surface area contributed by atoms with Crippen molar-refractivity contribution >= 4 is 17.2 Å². The third-order valence-electron chi connectivity index (χ3n) is 3.65. The van der Waals surface area contributed by atoms with Crippen LogP contribution in [0.5, 0.6) is 0 Å². The Morgan fingerprint density at radius 3 is 2.80 bits per heavy atom. The number of hydrogen-bond donors (Lipinski definition) is 1. The smallest absolute Gasteiger partial charge is 0.263 e. The molecule has 0 radical (unpaired) electrons. The van der Waals surface area contributed by atoms with Gasteiger partial charge in [0.2, 0.25) is 0 Å². The van der Waals surface area contributed by atoms with Crippen LogP contribution in [0.3, 0.4) is 0 Å². The van der Waals surface area contributed by atoms with E-state index in [0.29, 0.717) is 12.6 Å². The zero-order valence-corrected chi connectivity index (χ0v) is 13.0. The first-order valence-electron chi connectivity index (χ1n) is 7.44. The van der Waals surface area contributed by atoms with Gasteiger partial charge >= 0.3 is 0 Å². The molecular formula is C15H24N2O2S. The van der Waals surface area contributed by atoms with Gasteiger partial charge in [0.1, 0.15) is 0 Å². The lowest BCUT2D eigenvalue weighted by atomic mass is 10.1. The molecular weight excluding hydrogens is 272 g/mol. The molecule has 0 aliphatic carbocycles. The summed E-state index contributed by atoms with van der Waals surface area (Å²) in [7, 11) is 0. The van der Waals surface area contributed by atoms with Gasteiger partial charge in [-0.25, -0.2) is 0 Å². The minimum Gasteiger partial charge on any atom is -0.378 e. The Kier molecular flexibility index (Phi) is 6.01. The van der Waals surface area contributed by atoms with Gasteiger partial charge in [-0.1, -0.05) is 6.92 Å². The highest BCUT2D eigenvalue weighted by Gasteiger charge is 2.24. The molecule has 0 spiro atoms. The SMILES string of the molecule is CCc1ccc(C(=O)N2CCC(OCCCN)CC2)s1. The van der Waals surface area contributed by atoms with E-state index in [-0.39, 0.29) is 5.91 Å². The number of thiophene rings is 1. The molecule has 0 aromatic carbocycles. The van der Waals surface area contributed by atoms with E-state index in [2.05, 4.69) is 13.0 Å². The van der Waals surface area contributed by atoms with Crippen LogP contribution in [0, 0.1) is 0 Å². The number of nitrogens with zero attached hydrogens (tertiary/aromatic N) is 1. The maximum absolute atomic E-state index is 12.4. The number of carbonyl (C=O) groups excluding carboxylic acids is 1. The fourth-order valence-corrected chi connectivity index (χ4v) is 3.31. The second-order valence-corrected chi connectivity index (χ2v) is 6.29. The molecule has 1 amide bonds. The summed E-state index contributed by atoms with van der Waals surface area (Å²) in [4.78, 5) is 16.5. The Balaban J connectivity index is 1.79. The number of amides is 1. The number of hydrogen-bond acceptors (Lipinski definition) is 4. The van der Waals surface area contributed by atoms with E-state index in [1.807, 2.05) is 11.0 Å². The largest absolute Gasteiger partial charge is 0.378 e. The van der Waals surface area contributed by atoms with Gasteiger partial charge in [-0.15, -0.1) is 11.3 Å². The van der Waals surface area contributed by atoms with E-state index >= 15 is 0 Å². The Bertz CT molecular complexity index is 425. The molecule has 1 aromatic heterocycles. The van der Waals surface area contributed by atoms with Gasteiger partial charge in [-0.3, -0.25) is 4.79 Å². The number of likely N-dealkylation sites (tertiary alicyclic amines) is 1. The maximum atomic E-state index is 12.4. The summed E-state index contributed by atoms with van der Waals surface area (Å²) < 4.78 is 5.76. The first kappa shape index (κ1) is 15.5. The number of piperidine rings is 1. The lowest BCUT2D eigenvalue weighted by Crippen LogP contribution is -2.40. The molecule has 112 valence electrons. The number of ether oxygens (including phenoxy) is 1. The minimum atomic E-state index is 0.176. The summed E-state index contributed by atoms with van der Waals surface area (Å²) >= 11 is 1.62. The van der Waals surface area contributed by atoms with Crippen molar-refractivity contribution in [1.29, 1.82) is 0 Å². The van der Waals surface area contributed by atoms with E-state index in [9.17, 15) is 4.79 Å². The van der Waals surface area contributed by atoms with Crippen LogP contribution in [0.15, 0.2) is 12.1 Å². The van der Waals surface area contributed by atoms with Crippen LogP contribution in [0.4, 0.5) is 0 Å². The summed E-state index contributed by atoms with van der Waals surface area (Å²) in [5, 5.41) is 0. The fourth-order valence-electron chi connectivity index (χ4n) is 2.40. The van der Waals surface area contributed by atoms with E-state index in [1.165, 1.54) is 4.88 Å². The van der Waals surface area contributed by atoms with Crippen LogP contribution in [-0.2, 0) is 11.2 Å². The zero-order chi connectivity index (χ0) is 14.4. The molecule has 1 fully saturated rings. The zero-order valence-electron chi connectivity index (χ0n) is 12.1. The maximum Gasteiger partial charge on any atom is 0.263 e. The summed E-state index contributed by atoms with van der Waals surface area (Å²) in [6.45, 7) is 5.12. The van der Waals surface area contributed by atoms with E-state index < -0.39 is 0 Å². The van der Waals surface area contributed by atoms with Crippen LogP contribution < -0.4 is 5.73 Å². The second-order valence-electron chi connectivity index (χ2n) is 5.12. The average molecular weight is 296 g/mol. The Morgan fingerprint density at radius 2 is 2.20 bits per heavy atom. The van der Waals surface area contributed by atoms with Gasteiger partial charge < -0.3 is 15.4 Å². The monoisotopic (exact) mass is 296 g/mol. The quantitative estimate of drug-likeness (QED) is 0.819. The molecule has 20 heavy (non-hydrogen) atoms. The lowest BCUT2D eigenvalue weighted by molar-refractivity contribution is 0.00858. The van der Waals surface area contributed by atoms with Crippen LogP contribution >= 0.6 is 11.3 Å². The van der Waals surface area contributed by atoms with Crippen molar-refractivity contribution in [3.05, 3.63) is 21.9 Å². The van der Waals surface area contributed by atoms with Gasteiger partial charge in [0, 0.05) is 24.6 Å². The van der Waals surface area contributed by atoms with E-state index in [4.69, 9.17) is 10.5 Å². The molecule has 1 aliphatic heterocycles. The van der Waals surface area contributed by atoms with Gasteiger partial charge in [-0.05, 0) is 44.4 Å². The summed E-state index contributed by atoms with van der Waals surface area (Å²) in [6.07, 6.45) is 4.06. The molecule has 2 N–H and O–H groups in total. The summed E-state index contributed by atoms with van der Waals surface area (Å²) in [5.41, 5.74) is 5.45. The molecule has 0 bridgehead atoms. The molecule has 0 saturated carbocycles. The van der Waals surface area contributed by atoms with Crippen LogP contribution in [-0.4, -0.2) is 43.2 Å². The molecule has 1 saturated heterocycles. The van der Waals surface area contributed by atoms with E-state index in [0.717, 1.165) is 50.3 Å². The van der Waals surface area contributed by atoms with Crippen molar-refractivity contribution < 1.29 is 9.53 Å². The van der Waals surface area contributed by atoms with Crippen LogP contribution in [0.25, 0.3) is 0 Å². The highest BCUT2D eigenvalue weighted by Crippen LogP contribution is 2.21. The van der Waals surface area contributed by atoms with Crippen molar-refractivity contribution in [2.24, 2.45) is 5.73 Å². The predicted octanol–water partition coefficient (Wildman–Crippen LogP) is 2.28. The van der Waals surface area contributed by atoms with Gasteiger partial charge in [-0.2, -0.15) is 0 Å². The molecule has 2 heterocycles. The Hall–Kier alpha value is -0.910. The standard InChI is InChI=1S/C15H24N2O2S/c1-2-13-4-5-14(20-13)15(18)17-9-6-12(7-10-17)19-11-3-8-16/h4-5,12H,2-3,6-11,16H2,1H3. The molecule has 4 nitrogen and oxygen atoms in total. The van der Waals surface area contributed by atoms with Gasteiger partial charge in [0.15, 0.2) is 0 Å². The van der Waals surface area contributed by atoms with Crippen molar-refractivity contribution in [1.82, 2.24) is 4.90 Å². The fraction of sp³-hybridized carbons (Fsp3) is 0.667. The number of carbonyl (C=O) groups is 1. The number of aryl methyl sites for hydroxylation is 1. The lowest BCUT2D eigenvalue weighted by Gasteiger charge is -2.31. The highest BCUT2D eigenvalue weighted by molar-refractivity contribution is 7.14. The first-order chi connectivity index (χ1) is 9.74. The van der Waals surface area contributed by atoms with Crippen molar-refractivity contribution in [3.63, 3.8) is 0 Å². The van der Waals surface area contributed by atoms with Gasteiger partial charge in [0.25, 0.3) is 5.91 Å². The van der Waals surface area contributed by atoms with Gasteiger partial charge in [0.05, 0.1) is 11.0 Å².